The smallest absolute Gasteiger partial charge is 0.356 e. The predicted molar refractivity (Wildman–Crippen MR) is 128 cm³/mol. The van der Waals surface area contributed by atoms with E-state index < -0.39 is 5.97 Å². The summed E-state index contributed by atoms with van der Waals surface area (Å²) in [6.07, 6.45) is 7.26. The molecule has 3 heterocycles. The Labute approximate surface area is 198 Å². The van der Waals surface area contributed by atoms with Gasteiger partial charge >= 0.3 is 5.97 Å². The van der Waals surface area contributed by atoms with Crippen molar-refractivity contribution >= 4 is 28.5 Å². The number of anilines is 2. The Balaban J connectivity index is 1.25. The summed E-state index contributed by atoms with van der Waals surface area (Å²) in [6, 6.07) is 9.78. The molecule has 9 heteroatoms. The van der Waals surface area contributed by atoms with Crippen molar-refractivity contribution in [3.8, 4) is 5.75 Å². The number of ether oxygens (including phenoxy) is 3. The fourth-order valence-corrected chi connectivity index (χ4v) is 4.57. The highest BCUT2D eigenvalue weighted by Gasteiger charge is 2.24. The highest BCUT2D eigenvalue weighted by atomic mass is 16.5. The van der Waals surface area contributed by atoms with Crippen molar-refractivity contribution in [3.63, 3.8) is 0 Å². The van der Waals surface area contributed by atoms with Crippen LogP contribution in [0.1, 0.15) is 36.2 Å². The lowest BCUT2D eigenvalue weighted by Gasteiger charge is -2.31. The van der Waals surface area contributed by atoms with Gasteiger partial charge in [0, 0.05) is 43.3 Å². The molecule has 1 aliphatic carbocycles. The molecule has 2 aliphatic rings. The number of methoxy groups -OCH3 is 1. The van der Waals surface area contributed by atoms with Gasteiger partial charge in [0.2, 0.25) is 0 Å². The van der Waals surface area contributed by atoms with Crippen LogP contribution in [0.4, 0.5) is 11.5 Å². The maximum Gasteiger partial charge on any atom is 0.356 e. The number of benzene rings is 1. The summed E-state index contributed by atoms with van der Waals surface area (Å²) in [5.41, 5.74) is 3.04. The lowest BCUT2D eigenvalue weighted by molar-refractivity contribution is 0.0594. The topological polar surface area (TPSA) is 98.7 Å². The average Bonchev–Trinajstić information content (AvgIpc) is 2.90. The zero-order chi connectivity index (χ0) is 23.3. The number of nitrogens with one attached hydrogen (secondary N) is 1. The third kappa shape index (κ3) is 5.04. The molecule has 1 aromatic carbocycles. The molecule has 0 radical (unpaired) electrons. The standard InChI is InChI=1S/C25H29N5O4/c1-32-25(31)20-3-2-4-23(29-20)28-17-5-7-19(8-6-17)34-22-16-18(30-11-13-33-14-12-30)15-21-24(22)27-10-9-26-21/h2-4,9-10,15-17,19H,5-8,11-14H2,1H3,(H,28,29)/t17-,19+. The van der Waals surface area contributed by atoms with Crippen LogP contribution in [0.15, 0.2) is 42.7 Å². The third-order valence-electron chi connectivity index (χ3n) is 6.36. The molecular formula is C25H29N5O4. The van der Waals surface area contributed by atoms with Crippen LogP contribution in [0.5, 0.6) is 5.75 Å². The van der Waals surface area contributed by atoms with Crippen LogP contribution < -0.4 is 15.0 Å². The quantitative estimate of drug-likeness (QED) is 0.551. The maximum atomic E-state index is 11.7. The first-order valence-corrected chi connectivity index (χ1v) is 11.8. The number of carbonyl (C=O) groups is 1. The first-order valence-electron chi connectivity index (χ1n) is 11.8. The summed E-state index contributed by atoms with van der Waals surface area (Å²) < 4.78 is 16.8. The number of aromatic nitrogens is 3. The highest BCUT2D eigenvalue weighted by molar-refractivity contribution is 5.87. The zero-order valence-corrected chi connectivity index (χ0v) is 19.3. The molecule has 2 aromatic heterocycles. The second-order valence-corrected chi connectivity index (χ2v) is 8.60. The molecule has 2 fully saturated rings. The minimum Gasteiger partial charge on any atom is -0.488 e. The number of carbonyl (C=O) groups excluding carboxylic acids is 1. The van der Waals surface area contributed by atoms with E-state index in [2.05, 4.69) is 37.3 Å². The summed E-state index contributed by atoms with van der Waals surface area (Å²) in [5.74, 6) is 1.04. The Morgan fingerprint density at radius 2 is 1.88 bits per heavy atom. The zero-order valence-electron chi connectivity index (χ0n) is 19.3. The molecule has 1 saturated heterocycles. The molecule has 0 bridgehead atoms. The van der Waals surface area contributed by atoms with Crippen LogP contribution >= 0.6 is 0 Å². The molecule has 1 aliphatic heterocycles. The highest BCUT2D eigenvalue weighted by Crippen LogP contribution is 2.33. The van der Waals surface area contributed by atoms with E-state index in [4.69, 9.17) is 14.2 Å². The molecule has 5 rings (SSSR count). The van der Waals surface area contributed by atoms with Gasteiger partial charge in [-0.1, -0.05) is 6.07 Å². The van der Waals surface area contributed by atoms with Gasteiger partial charge in [-0.25, -0.2) is 14.8 Å². The third-order valence-corrected chi connectivity index (χ3v) is 6.36. The summed E-state index contributed by atoms with van der Waals surface area (Å²) in [4.78, 5) is 27.5. The average molecular weight is 464 g/mol. The van der Waals surface area contributed by atoms with Gasteiger partial charge in [-0.2, -0.15) is 0 Å². The van der Waals surface area contributed by atoms with E-state index in [0.717, 1.165) is 74.5 Å². The monoisotopic (exact) mass is 463 g/mol. The number of rotatable bonds is 6. The van der Waals surface area contributed by atoms with Gasteiger partial charge in [-0.3, -0.25) is 4.98 Å². The van der Waals surface area contributed by atoms with Gasteiger partial charge in [-0.15, -0.1) is 0 Å². The minimum atomic E-state index is -0.435. The Morgan fingerprint density at radius 3 is 2.68 bits per heavy atom. The van der Waals surface area contributed by atoms with E-state index in [9.17, 15) is 4.79 Å². The Hall–Kier alpha value is -3.46. The number of hydrogen-bond acceptors (Lipinski definition) is 9. The van der Waals surface area contributed by atoms with E-state index in [0.29, 0.717) is 11.5 Å². The Morgan fingerprint density at radius 1 is 1.09 bits per heavy atom. The van der Waals surface area contributed by atoms with Crippen molar-refractivity contribution in [2.24, 2.45) is 0 Å². The van der Waals surface area contributed by atoms with E-state index in [1.54, 1.807) is 18.5 Å². The number of nitrogens with zero attached hydrogens (tertiary/aromatic N) is 4. The van der Waals surface area contributed by atoms with Crippen molar-refractivity contribution < 1.29 is 19.0 Å². The molecule has 178 valence electrons. The van der Waals surface area contributed by atoms with Gasteiger partial charge in [0.1, 0.15) is 17.1 Å². The number of fused-ring (bicyclic) bond motifs is 1. The van der Waals surface area contributed by atoms with Crippen LogP contribution in [0.25, 0.3) is 11.0 Å². The van der Waals surface area contributed by atoms with Crippen molar-refractivity contribution in [2.45, 2.75) is 37.8 Å². The number of morpholine rings is 1. The molecular weight excluding hydrogens is 434 g/mol. The van der Waals surface area contributed by atoms with Crippen molar-refractivity contribution in [3.05, 3.63) is 48.4 Å². The van der Waals surface area contributed by atoms with E-state index in [1.165, 1.54) is 7.11 Å². The molecule has 0 unspecified atom stereocenters. The number of hydrogen-bond donors (Lipinski definition) is 1. The molecule has 3 aromatic rings. The van der Waals surface area contributed by atoms with Crippen molar-refractivity contribution in [2.75, 3.05) is 43.6 Å². The van der Waals surface area contributed by atoms with E-state index in [1.807, 2.05) is 12.1 Å². The fourth-order valence-electron chi connectivity index (χ4n) is 4.57. The Kier molecular flexibility index (Phi) is 6.71. The molecule has 34 heavy (non-hydrogen) atoms. The van der Waals surface area contributed by atoms with Gasteiger partial charge in [0.25, 0.3) is 0 Å². The second-order valence-electron chi connectivity index (χ2n) is 8.60. The molecule has 0 amide bonds. The molecule has 1 N–H and O–H groups in total. The second kappa shape index (κ2) is 10.2. The van der Waals surface area contributed by atoms with Crippen LogP contribution in [0.2, 0.25) is 0 Å². The molecule has 0 atom stereocenters. The predicted octanol–water partition coefficient (Wildman–Crippen LogP) is 3.45. The summed E-state index contributed by atoms with van der Waals surface area (Å²) in [6.45, 7) is 3.16. The van der Waals surface area contributed by atoms with Crippen molar-refractivity contribution in [1.29, 1.82) is 0 Å². The normalized spacial score (nSPS) is 20.7. The van der Waals surface area contributed by atoms with Crippen LogP contribution in [0, 0.1) is 0 Å². The minimum absolute atomic E-state index is 0.109. The lowest BCUT2D eigenvalue weighted by Crippen LogP contribution is -2.36. The van der Waals surface area contributed by atoms with E-state index >= 15 is 0 Å². The first kappa shape index (κ1) is 22.3. The van der Waals surface area contributed by atoms with Gasteiger partial charge in [0.05, 0.1) is 31.9 Å². The molecule has 9 nitrogen and oxygen atoms in total. The molecule has 0 spiro atoms. The van der Waals surface area contributed by atoms with E-state index in [-0.39, 0.29) is 12.1 Å². The van der Waals surface area contributed by atoms with Gasteiger partial charge < -0.3 is 24.4 Å². The maximum absolute atomic E-state index is 11.7. The van der Waals surface area contributed by atoms with Crippen molar-refractivity contribution in [1.82, 2.24) is 15.0 Å². The SMILES string of the molecule is COC(=O)c1cccc(N[C@H]2CC[C@@H](Oc3cc(N4CCOCC4)cc4nccnc34)CC2)n1. The van der Waals surface area contributed by atoms with Gasteiger partial charge in [-0.05, 0) is 43.9 Å². The number of pyridine rings is 1. The summed E-state index contributed by atoms with van der Waals surface area (Å²) in [5, 5.41) is 3.45. The molecule has 1 saturated carbocycles. The first-order chi connectivity index (χ1) is 16.7. The number of esters is 1. The lowest BCUT2D eigenvalue weighted by atomic mass is 9.93. The van der Waals surface area contributed by atoms with Crippen LogP contribution in [0.3, 0.4) is 0 Å². The van der Waals surface area contributed by atoms with Crippen LogP contribution in [-0.2, 0) is 9.47 Å². The van der Waals surface area contributed by atoms with Gasteiger partial charge in [0.15, 0.2) is 5.69 Å². The largest absolute Gasteiger partial charge is 0.488 e. The summed E-state index contributed by atoms with van der Waals surface area (Å²) >= 11 is 0. The Bertz CT molecular complexity index is 1140. The summed E-state index contributed by atoms with van der Waals surface area (Å²) in [7, 11) is 1.36. The van der Waals surface area contributed by atoms with Crippen LogP contribution in [-0.4, -0.2) is 66.5 Å². The fraction of sp³-hybridized carbons (Fsp3) is 0.440.